The van der Waals surface area contributed by atoms with Crippen LogP contribution in [-0.4, -0.2) is 20.2 Å². The number of rotatable bonds is 2. The minimum Gasteiger partial charge on any atom is -0.253 e. The molecule has 1 unspecified atom stereocenters. The van der Waals surface area contributed by atoms with E-state index >= 15 is 0 Å². The van der Waals surface area contributed by atoms with Crippen LogP contribution in [0, 0.1) is 0 Å². The van der Waals surface area contributed by atoms with Gasteiger partial charge in [0.1, 0.15) is 5.03 Å². The van der Waals surface area contributed by atoms with Gasteiger partial charge in [-0.25, -0.2) is 0 Å². The third-order valence-corrected chi connectivity index (χ3v) is 2.51. The Morgan fingerprint density at radius 3 is 2.73 bits per heavy atom. The van der Waals surface area contributed by atoms with E-state index in [9.17, 15) is 4.21 Å². The molecule has 0 bridgehead atoms. The third kappa shape index (κ3) is 2.24. The van der Waals surface area contributed by atoms with Gasteiger partial charge in [0.25, 0.3) is 0 Å². The molecule has 0 spiro atoms. The van der Waals surface area contributed by atoms with Crippen molar-refractivity contribution in [3.8, 4) is 0 Å². The minimum absolute atomic E-state index is 0.321. The molecule has 0 aliphatic rings. The van der Waals surface area contributed by atoms with E-state index in [0.29, 0.717) is 15.9 Å². The fourth-order valence-corrected chi connectivity index (χ4v) is 1.32. The highest BCUT2D eigenvalue weighted by atomic mass is 35.5. The molecule has 0 saturated heterocycles. The molecule has 1 rings (SSSR count). The highest BCUT2D eigenvalue weighted by Gasteiger charge is 2.01. The minimum atomic E-state index is -1.03. The van der Waals surface area contributed by atoms with Gasteiger partial charge < -0.3 is 0 Å². The first-order valence-corrected chi connectivity index (χ1v) is 4.81. The fourth-order valence-electron chi connectivity index (χ4n) is 0.573. The predicted octanol–water partition coefficient (Wildman–Crippen LogP) is 1.26. The SMILES string of the molecule is CCS(=O)c1ccc(Cl)nn1. The number of aromatic nitrogens is 2. The summed E-state index contributed by atoms with van der Waals surface area (Å²) in [4.78, 5) is 0. The van der Waals surface area contributed by atoms with Crippen LogP contribution in [0.3, 0.4) is 0 Å². The highest BCUT2D eigenvalue weighted by Crippen LogP contribution is 2.05. The lowest BCUT2D eigenvalue weighted by atomic mass is 10.6. The second kappa shape index (κ2) is 3.78. The van der Waals surface area contributed by atoms with Gasteiger partial charge in [0, 0.05) is 5.75 Å². The smallest absolute Gasteiger partial charge is 0.151 e. The molecule has 0 radical (unpaired) electrons. The van der Waals surface area contributed by atoms with Crippen molar-refractivity contribution in [2.24, 2.45) is 0 Å². The summed E-state index contributed by atoms with van der Waals surface area (Å²) in [6.45, 7) is 1.83. The molecular weight excluding hydrogens is 184 g/mol. The van der Waals surface area contributed by atoms with Gasteiger partial charge in [-0.2, -0.15) is 0 Å². The summed E-state index contributed by atoms with van der Waals surface area (Å²) in [6.07, 6.45) is 0. The number of halogens is 1. The Balaban J connectivity index is 2.90. The second-order valence-electron chi connectivity index (χ2n) is 1.83. The molecule has 0 fully saturated rings. The largest absolute Gasteiger partial charge is 0.253 e. The average molecular weight is 191 g/mol. The maximum absolute atomic E-state index is 11.1. The Hall–Kier alpha value is -0.480. The number of hydrogen-bond donors (Lipinski definition) is 0. The molecule has 0 aliphatic heterocycles. The first kappa shape index (κ1) is 8.62. The highest BCUT2D eigenvalue weighted by molar-refractivity contribution is 7.84. The Kier molecular flexibility index (Phi) is 2.96. The number of hydrogen-bond acceptors (Lipinski definition) is 3. The number of nitrogens with zero attached hydrogens (tertiary/aromatic N) is 2. The zero-order chi connectivity index (χ0) is 8.27. The average Bonchev–Trinajstić information content (AvgIpc) is 2.05. The van der Waals surface area contributed by atoms with E-state index in [1.807, 2.05) is 6.92 Å². The van der Waals surface area contributed by atoms with E-state index < -0.39 is 10.8 Å². The van der Waals surface area contributed by atoms with Crippen LogP contribution in [-0.2, 0) is 10.8 Å². The lowest BCUT2D eigenvalue weighted by molar-refractivity contribution is 0.678. The molecule has 1 atom stereocenters. The molecule has 11 heavy (non-hydrogen) atoms. The van der Waals surface area contributed by atoms with Crippen molar-refractivity contribution in [3.05, 3.63) is 17.3 Å². The van der Waals surface area contributed by atoms with Crippen LogP contribution in [0.2, 0.25) is 5.15 Å². The summed E-state index contributed by atoms with van der Waals surface area (Å²) in [5.74, 6) is 0.552. The Labute approximate surface area is 72.2 Å². The topological polar surface area (TPSA) is 42.9 Å². The molecule has 1 aromatic rings. The monoisotopic (exact) mass is 190 g/mol. The molecule has 0 aromatic carbocycles. The van der Waals surface area contributed by atoms with Crippen LogP contribution in [0.5, 0.6) is 0 Å². The van der Waals surface area contributed by atoms with E-state index in [1.165, 1.54) is 0 Å². The third-order valence-electron chi connectivity index (χ3n) is 1.10. The van der Waals surface area contributed by atoms with Crippen molar-refractivity contribution >= 4 is 22.4 Å². The van der Waals surface area contributed by atoms with Crippen molar-refractivity contribution in [2.45, 2.75) is 11.9 Å². The fraction of sp³-hybridized carbons (Fsp3) is 0.333. The molecular formula is C6H7ClN2OS. The van der Waals surface area contributed by atoms with E-state index in [4.69, 9.17) is 11.6 Å². The molecule has 0 amide bonds. The molecule has 60 valence electrons. The Bertz CT molecular complexity index is 262. The summed E-state index contributed by atoms with van der Waals surface area (Å²) in [7, 11) is -1.03. The van der Waals surface area contributed by atoms with E-state index in [1.54, 1.807) is 12.1 Å². The van der Waals surface area contributed by atoms with Crippen LogP contribution >= 0.6 is 11.6 Å². The maximum atomic E-state index is 11.1. The zero-order valence-electron chi connectivity index (χ0n) is 5.95. The van der Waals surface area contributed by atoms with Gasteiger partial charge in [-0.15, -0.1) is 10.2 Å². The van der Waals surface area contributed by atoms with Crippen LogP contribution in [0.25, 0.3) is 0 Å². The van der Waals surface area contributed by atoms with Crippen LogP contribution < -0.4 is 0 Å². The Morgan fingerprint density at radius 2 is 2.27 bits per heavy atom. The predicted molar refractivity (Wildman–Crippen MR) is 44.0 cm³/mol. The molecule has 1 aromatic heterocycles. The van der Waals surface area contributed by atoms with Gasteiger partial charge in [0.05, 0.1) is 10.8 Å². The van der Waals surface area contributed by atoms with Gasteiger partial charge >= 0.3 is 0 Å². The molecule has 0 N–H and O–H groups in total. The summed E-state index contributed by atoms with van der Waals surface area (Å²) < 4.78 is 11.1. The van der Waals surface area contributed by atoms with Gasteiger partial charge in [-0.3, -0.25) is 4.21 Å². The maximum Gasteiger partial charge on any atom is 0.151 e. The van der Waals surface area contributed by atoms with Crippen molar-refractivity contribution in [2.75, 3.05) is 5.75 Å². The van der Waals surface area contributed by atoms with Crippen molar-refractivity contribution in [3.63, 3.8) is 0 Å². The first-order chi connectivity index (χ1) is 5.24. The van der Waals surface area contributed by atoms with Gasteiger partial charge in [-0.1, -0.05) is 18.5 Å². The molecule has 0 aliphatic carbocycles. The van der Waals surface area contributed by atoms with Crippen LogP contribution in [0.1, 0.15) is 6.92 Å². The molecule has 1 heterocycles. The van der Waals surface area contributed by atoms with Gasteiger partial charge in [0.15, 0.2) is 5.15 Å². The summed E-state index contributed by atoms with van der Waals surface area (Å²) >= 11 is 5.49. The van der Waals surface area contributed by atoms with E-state index in [-0.39, 0.29) is 0 Å². The molecule has 3 nitrogen and oxygen atoms in total. The van der Waals surface area contributed by atoms with E-state index in [2.05, 4.69) is 10.2 Å². The van der Waals surface area contributed by atoms with E-state index in [0.717, 1.165) is 0 Å². The normalized spacial score (nSPS) is 12.9. The Morgan fingerprint density at radius 1 is 1.55 bits per heavy atom. The molecule has 5 heteroatoms. The summed E-state index contributed by atoms with van der Waals surface area (Å²) in [6, 6.07) is 3.20. The van der Waals surface area contributed by atoms with Crippen molar-refractivity contribution in [1.82, 2.24) is 10.2 Å². The summed E-state index contributed by atoms with van der Waals surface area (Å²) in [5, 5.41) is 8.04. The van der Waals surface area contributed by atoms with Gasteiger partial charge in [0.2, 0.25) is 0 Å². The summed E-state index contributed by atoms with van der Waals surface area (Å²) in [5.41, 5.74) is 0. The van der Waals surface area contributed by atoms with Crippen molar-refractivity contribution < 1.29 is 4.21 Å². The second-order valence-corrected chi connectivity index (χ2v) is 3.90. The van der Waals surface area contributed by atoms with Gasteiger partial charge in [-0.05, 0) is 12.1 Å². The lowest BCUT2D eigenvalue weighted by Crippen LogP contribution is -1.98. The van der Waals surface area contributed by atoms with Crippen LogP contribution in [0.4, 0.5) is 0 Å². The zero-order valence-corrected chi connectivity index (χ0v) is 7.52. The quantitative estimate of drug-likeness (QED) is 0.705. The van der Waals surface area contributed by atoms with Crippen LogP contribution in [0.15, 0.2) is 17.2 Å². The molecule has 0 saturated carbocycles. The standard InChI is InChI=1S/C6H7ClN2OS/c1-2-11(10)6-4-3-5(7)8-9-6/h3-4H,2H2,1H3. The van der Waals surface area contributed by atoms with Crippen molar-refractivity contribution in [1.29, 1.82) is 0 Å². The lowest BCUT2D eigenvalue weighted by Gasteiger charge is -1.94. The first-order valence-electron chi connectivity index (χ1n) is 3.11.